The molecule has 1 atom stereocenters. The van der Waals surface area contributed by atoms with Gasteiger partial charge in [-0.25, -0.2) is 8.78 Å². The number of hydrogen-bond donors (Lipinski definition) is 1. The van der Waals surface area contributed by atoms with E-state index in [-0.39, 0.29) is 18.0 Å². The molecule has 3 aromatic carbocycles. The summed E-state index contributed by atoms with van der Waals surface area (Å²) in [5.41, 5.74) is 1.49. The minimum Gasteiger partial charge on any atom is -0.324 e. The number of thioether (sulfide) groups is 1. The summed E-state index contributed by atoms with van der Waals surface area (Å²) in [5, 5.41) is 3.16. The monoisotopic (exact) mass is 499 g/mol. The molecule has 5 rings (SSSR count). The van der Waals surface area contributed by atoms with E-state index >= 15 is 0 Å². The molecule has 2 aliphatic heterocycles. The number of benzene rings is 3. The number of para-hydroxylation sites is 1. The maximum Gasteiger partial charge on any atom is 0.269 e. The molecular formula is C24H16ClF2N3O3S. The quantitative estimate of drug-likeness (QED) is 0.572. The first-order chi connectivity index (χ1) is 16.3. The molecule has 10 heteroatoms. The molecule has 172 valence electrons. The Balaban J connectivity index is 1.53. The molecule has 6 nitrogen and oxygen atoms in total. The highest BCUT2D eigenvalue weighted by Gasteiger charge is 2.61. The first kappa shape index (κ1) is 22.4. The zero-order valence-electron chi connectivity index (χ0n) is 17.4. The van der Waals surface area contributed by atoms with Gasteiger partial charge in [0.15, 0.2) is 11.6 Å². The van der Waals surface area contributed by atoms with Crippen molar-refractivity contribution < 1.29 is 23.2 Å². The van der Waals surface area contributed by atoms with Crippen molar-refractivity contribution >= 4 is 58.1 Å². The molecule has 1 fully saturated rings. The zero-order valence-corrected chi connectivity index (χ0v) is 19.0. The number of carbonyl (C=O) groups excluding carboxylic acids is 3. The fraction of sp³-hybridized carbons (Fsp3) is 0.125. The second kappa shape index (κ2) is 8.41. The van der Waals surface area contributed by atoms with E-state index in [0.29, 0.717) is 22.0 Å². The summed E-state index contributed by atoms with van der Waals surface area (Å²) in [6.07, 6.45) is 0. The minimum atomic E-state index is -1.53. The summed E-state index contributed by atoms with van der Waals surface area (Å²) >= 11 is 7.05. The van der Waals surface area contributed by atoms with Crippen molar-refractivity contribution in [2.24, 2.45) is 0 Å². The summed E-state index contributed by atoms with van der Waals surface area (Å²) in [5.74, 6) is -3.64. The Morgan fingerprint density at radius 3 is 2.59 bits per heavy atom. The van der Waals surface area contributed by atoms with Crippen LogP contribution in [0.1, 0.15) is 5.56 Å². The average Bonchev–Trinajstić information content (AvgIpc) is 3.27. The van der Waals surface area contributed by atoms with Gasteiger partial charge in [0.05, 0.1) is 11.4 Å². The molecule has 0 bridgehead atoms. The van der Waals surface area contributed by atoms with Crippen LogP contribution in [0.3, 0.4) is 0 Å². The van der Waals surface area contributed by atoms with Crippen molar-refractivity contribution in [3.8, 4) is 0 Å². The Labute approximate surface area is 202 Å². The first-order valence-corrected chi connectivity index (χ1v) is 11.6. The number of hydrogen-bond acceptors (Lipinski definition) is 4. The smallest absolute Gasteiger partial charge is 0.269 e. The number of anilines is 3. The Morgan fingerprint density at radius 2 is 1.82 bits per heavy atom. The molecule has 34 heavy (non-hydrogen) atoms. The van der Waals surface area contributed by atoms with E-state index in [2.05, 4.69) is 5.32 Å². The summed E-state index contributed by atoms with van der Waals surface area (Å²) < 4.78 is 27.6. The average molecular weight is 500 g/mol. The largest absolute Gasteiger partial charge is 0.324 e. The van der Waals surface area contributed by atoms with Crippen LogP contribution in [-0.2, 0) is 19.3 Å². The number of carbonyl (C=O) groups is 3. The fourth-order valence-electron chi connectivity index (χ4n) is 4.25. The van der Waals surface area contributed by atoms with Gasteiger partial charge in [-0.2, -0.15) is 0 Å². The maximum atomic E-state index is 14.0. The number of rotatable bonds is 4. The van der Waals surface area contributed by atoms with Crippen molar-refractivity contribution in [2.45, 2.75) is 4.87 Å². The molecule has 1 saturated heterocycles. The number of halogens is 3. The number of nitrogens with zero attached hydrogens (tertiary/aromatic N) is 2. The molecular weight excluding hydrogens is 484 g/mol. The number of nitrogens with one attached hydrogen (secondary N) is 1. The Hall–Kier alpha value is -3.43. The topological polar surface area (TPSA) is 69.7 Å². The highest BCUT2D eigenvalue weighted by Crippen LogP contribution is 2.55. The van der Waals surface area contributed by atoms with Crippen LogP contribution in [0.25, 0.3) is 0 Å². The second-order valence-electron chi connectivity index (χ2n) is 7.73. The summed E-state index contributed by atoms with van der Waals surface area (Å²) in [6.45, 7) is -0.315. The van der Waals surface area contributed by atoms with E-state index in [4.69, 9.17) is 11.6 Å². The second-order valence-corrected chi connectivity index (χ2v) is 9.33. The predicted molar refractivity (Wildman–Crippen MR) is 127 cm³/mol. The minimum absolute atomic E-state index is 0.0401. The van der Waals surface area contributed by atoms with Crippen molar-refractivity contribution in [2.75, 3.05) is 27.4 Å². The lowest BCUT2D eigenvalue weighted by atomic mass is 10.0. The van der Waals surface area contributed by atoms with E-state index in [1.807, 2.05) is 0 Å². The van der Waals surface area contributed by atoms with Crippen LogP contribution in [0.15, 0.2) is 66.7 Å². The van der Waals surface area contributed by atoms with E-state index < -0.39 is 34.2 Å². The molecule has 1 unspecified atom stereocenters. The molecule has 3 amide bonds. The summed E-state index contributed by atoms with van der Waals surface area (Å²) in [6, 6.07) is 16.5. The van der Waals surface area contributed by atoms with Crippen molar-refractivity contribution in [1.29, 1.82) is 0 Å². The third kappa shape index (κ3) is 3.52. The van der Waals surface area contributed by atoms with Gasteiger partial charge in [0.2, 0.25) is 16.7 Å². The van der Waals surface area contributed by atoms with Gasteiger partial charge in [0.1, 0.15) is 6.54 Å². The van der Waals surface area contributed by atoms with E-state index in [0.717, 1.165) is 23.9 Å². The van der Waals surface area contributed by atoms with E-state index in [9.17, 15) is 23.2 Å². The molecule has 1 N–H and O–H groups in total. The van der Waals surface area contributed by atoms with Gasteiger partial charge in [0, 0.05) is 28.0 Å². The normalized spacial score (nSPS) is 19.1. The third-order valence-corrected chi connectivity index (χ3v) is 7.26. The molecule has 0 aliphatic carbocycles. The van der Waals surface area contributed by atoms with Crippen LogP contribution in [-0.4, -0.2) is 30.0 Å². The van der Waals surface area contributed by atoms with Crippen LogP contribution in [0.2, 0.25) is 5.02 Å². The van der Waals surface area contributed by atoms with Crippen LogP contribution in [0.4, 0.5) is 25.8 Å². The number of fused-ring (bicyclic) bond motifs is 2. The van der Waals surface area contributed by atoms with Crippen LogP contribution in [0.5, 0.6) is 0 Å². The molecule has 3 aromatic rings. The molecule has 0 radical (unpaired) electrons. The molecule has 0 saturated carbocycles. The van der Waals surface area contributed by atoms with Crippen LogP contribution < -0.4 is 15.1 Å². The SMILES string of the molecule is O=C(CN1C(=O)C2(SCC(=O)N2c2ccc(F)c(F)c2)c2ccccc21)Nc1cccc(Cl)c1. The summed E-state index contributed by atoms with van der Waals surface area (Å²) in [7, 11) is 0. The van der Waals surface area contributed by atoms with E-state index in [1.165, 1.54) is 15.9 Å². The van der Waals surface area contributed by atoms with Crippen LogP contribution in [0, 0.1) is 11.6 Å². The standard InChI is InChI=1S/C24H16ClF2N3O3S/c25-14-4-3-5-15(10-14)28-21(31)12-29-20-7-2-1-6-17(20)24(23(29)33)30(22(32)13-34-24)16-8-9-18(26)19(27)11-16/h1-11H,12-13H2,(H,28,31). The third-order valence-electron chi connectivity index (χ3n) is 5.64. The lowest BCUT2D eigenvalue weighted by Crippen LogP contribution is -2.51. The van der Waals surface area contributed by atoms with Gasteiger partial charge in [-0.15, -0.1) is 11.8 Å². The molecule has 1 spiro atoms. The van der Waals surface area contributed by atoms with Gasteiger partial charge in [-0.3, -0.25) is 24.2 Å². The van der Waals surface area contributed by atoms with Gasteiger partial charge >= 0.3 is 0 Å². The van der Waals surface area contributed by atoms with Crippen molar-refractivity contribution in [3.05, 3.63) is 89.0 Å². The maximum absolute atomic E-state index is 14.0. The van der Waals surface area contributed by atoms with E-state index in [1.54, 1.807) is 48.5 Å². The predicted octanol–water partition coefficient (Wildman–Crippen LogP) is 4.54. The summed E-state index contributed by atoms with van der Waals surface area (Å²) in [4.78, 5) is 40.5. The zero-order chi connectivity index (χ0) is 24.0. The fourth-order valence-corrected chi connectivity index (χ4v) is 5.80. The highest BCUT2D eigenvalue weighted by atomic mass is 35.5. The van der Waals surface area contributed by atoms with Gasteiger partial charge in [-0.05, 0) is 36.4 Å². The lowest BCUT2D eigenvalue weighted by Gasteiger charge is -2.33. The molecule has 2 heterocycles. The Bertz CT molecular complexity index is 1350. The van der Waals surface area contributed by atoms with Crippen LogP contribution >= 0.6 is 23.4 Å². The van der Waals surface area contributed by atoms with Gasteiger partial charge in [0.25, 0.3) is 5.91 Å². The Morgan fingerprint density at radius 1 is 1.03 bits per heavy atom. The van der Waals surface area contributed by atoms with Crippen molar-refractivity contribution in [1.82, 2.24) is 0 Å². The van der Waals surface area contributed by atoms with Gasteiger partial charge in [-0.1, -0.05) is 35.9 Å². The highest BCUT2D eigenvalue weighted by molar-refractivity contribution is 8.02. The lowest BCUT2D eigenvalue weighted by molar-refractivity contribution is -0.124. The number of amides is 3. The van der Waals surface area contributed by atoms with Crippen molar-refractivity contribution in [3.63, 3.8) is 0 Å². The first-order valence-electron chi connectivity index (χ1n) is 10.2. The van der Waals surface area contributed by atoms with Gasteiger partial charge < -0.3 is 5.32 Å². The Kier molecular flexibility index (Phi) is 5.53. The molecule has 0 aromatic heterocycles. The molecule has 2 aliphatic rings.